The second-order valence-corrected chi connectivity index (χ2v) is 7.04. The van der Waals surface area contributed by atoms with Gasteiger partial charge in [0.1, 0.15) is 5.82 Å². The Kier molecular flexibility index (Phi) is 5.73. The number of carbonyl (C=O) groups is 1. The van der Waals surface area contributed by atoms with Crippen molar-refractivity contribution in [1.29, 1.82) is 0 Å². The van der Waals surface area contributed by atoms with Crippen LogP contribution in [0, 0.1) is 6.92 Å². The molecule has 0 bridgehead atoms. The summed E-state index contributed by atoms with van der Waals surface area (Å²) >= 11 is 0. The number of aromatic nitrogens is 4. The minimum atomic E-state index is -4.62. The predicted octanol–water partition coefficient (Wildman–Crippen LogP) is 1.49. The Morgan fingerprint density at radius 2 is 1.93 bits per heavy atom. The minimum Gasteiger partial charge on any atom is -0.354 e. The summed E-state index contributed by atoms with van der Waals surface area (Å²) in [6, 6.07) is 1.84. The van der Waals surface area contributed by atoms with Crippen molar-refractivity contribution < 1.29 is 18.0 Å². The zero-order valence-corrected chi connectivity index (χ0v) is 16.1. The Morgan fingerprint density at radius 1 is 1.25 bits per heavy atom. The lowest BCUT2D eigenvalue weighted by Gasteiger charge is -2.35. The highest BCUT2D eigenvalue weighted by Gasteiger charge is 2.37. The summed E-state index contributed by atoms with van der Waals surface area (Å²) in [5.41, 5.74) is 0.569. The molecule has 1 amide bonds. The smallest absolute Gasteiger partial charge is 0.354 e. The highest BCUT2D eigenvalue weighted by atomic mass is 19.4. The highest BCUT2D eigenvalue weighted by molar-refractivity contribution is 5.78. The number of alkyl halides is 3. The fourth-order valence-electron chi connectivity index (χ4n) is 3.07. The van der Waals surface area contributed by atoms with Crippen molar-refractivity contribution in [3.05, 3.63) is 17.6 Å². The SMILES string of the molecule is CC[C@H](C)NC(=O)CN1CCN(c2cc(C)nc3nc(C(F)(F)F)nn23)CC1. The number of hydrogen-bond acceptors (Lipinski definition) is 6. The summed E-state index contributed by atoms with van der Waals surface area (Å²) < 4.78 is 40.0. The van der Waals surface area contributed by atoms with Gasteiger partial charge in [-0.25, -0.2) is 4.98 Å². The predicted molar refractivity (Wildman–Crippen MR) is 97.1 cm³/mol. The Morgan fingerprint density at radius 3 is 2.54 bits per heavy atom. The molecule has 3 rings (SSSR count). The first kappa shape index (κ1) is 20.3. The number of aryl methyl sites for hydroxylation is 1. The van der Waals surface area contributed by atoms with Gasteiger partial charge < -0.3 is 10.2 Å². The Bertz CT molecular complexity index is 843. The van der Waals surface area contributed by atoms with Crippen molar-refractivity contribution in [1.82, 2.24) is 29.8 Å². The van der Waals surface area contributed by atoms with Crippen LogP contribution in [0.25, 0.3) is 5.78 Å². The fraction of sp³-hybridized carbons (Fsp3) is 0.647. The van der Waals surface area contributed by atoms with Gasteiger partial charge in [-0.15, -0.1) is 5.10 Å². The van der Waals surface area contributed by atoms with Crippen LogP contribution in [0.5, 0.6) is 0 Å². The van der Waals surface area contributed by atoms with Crippen LogP contribution in [-0.2, 0) is 11.0 Å². The first-order valence-electron chi connectivity index (χ1n) is 9.25. The number of amides is 1. The molecule has 28 heavy (non-hydrogen) atoms. The van der Waals surface area contributed by atoms with E-state index in [-0.39, 0.29) is 17.7 Å². The Hall–Kier alpha value is -2.43. The van der Waals surface area contributed by atoms with Gasteiger partial charge in [0, 0.05) is 44.0 Å². The van der Waals surface area contributed by atoms with Gasteiger partial charge in [-0.3, -0.25) is 9.69 Å². The fourth-order valence-corrected chi connectivity index (χ4v) is 3.07. The second-order valence-electron chi connectivity index (χ2n) is 7.04. The van der Waals surface area contributed by atoms with E-state index in [9.17, 15) is 18.0 Å². The van der Waals surface area contributed by atoms with Gasteiger partial charge in [-0.2, -0.15) is 22.7 Å². The molecule has 1 fully saturated rings. The Balaban J connectivity index is 1.71. The molecular formula is C17H24F3N7O. The lowest BCUT2D eigenvalue weighted by Crippen LogP contribution is -2.50. The van der Waals surface area contributed by atoms with Crippen LogP contribution in [0.2, 0.25) is 0 Å². The van der Waals surface area contributed by atoms with E-state index < -0.39 is 12.0 Å². The van der Waals surface area contributed by atoms with Crippen LogP contribution >= 0.6 is 0 Å². The van der Waals surface area contributed by atoms with E-state index in [1.54, 1.807) is 13.0 Å². The maximum absolute atomic E-state index is 13.0. The summed E-state index contributed by atoms with van der Waals surface area (Å²) in [6.07, 6.45) is -3.75. The third-order valence-corrected chi connectivity index (χ3v) is 4.76. The van der Waals surface area contributed by atoms with Crippen LogP contribution in [0.4, 0.5) is 19.0 Å². The largest absolute Gasteiger partial charge is 0.453 e. The maximum Gasteiger partial charge on any atom is 0.453 e. The first-order chi connectivity index (χ1) is 13.2. The van der Waals surface area contributed by atoms with Crippen molar-refractivity contribution in [3.8, 4) is 0 Å². The number of halogens is 3. The molecule has 2 aromatic rings. The number of fused-ring (bicyclic) bond motifs is 1. The van der Waals surface area contributed by atoms with Gasteiger partial charge in [0.05, 0.1) is 6.54 Å². The molecule has 3 heterocycles. The zero-order chi connectivity index (χ0) is 20.5. The topological polar surface area (TPSA) is 78.7 Å². The van der Waals surface area contributed by atoms with E-state index in [2.05, 4.69) is 20.4 Å². The molecule has 1 atom stereocenters. The van der Waals surface area contributed by atoms with E-state index in [0.717, 1.165) is 10.9 Å². The van der Waals surface area contributed by atoms with Crippen LogP contribution < -0.4 is 10.2 Å². The average molecular weight is 399 g/mol. The molecule has 1 aliphatic heterocycles. The minimum absolute atomic E-state index is 0.0176. The summed E-state index contributed by atoms with van der Waals surface area (Å²) in [5.74, 6) is -0.768. The van der Waals surface area contributed by atoms with Gasteiger partial charge in [0.25, 0.3) is 11.6 Å². The van der Waals surface area contributed by atoms with Crippen molar-refractivity contribution in [2.45, 2.75) is 39.4 Å². The molecule has 1 saturated heterocycles. The van der Waals surface area contributed by atoms with E-state index >= 15 is 0 Å². The maximum atomic E-state index is 13.0. The molecule has 8 nitrogen and oxygen atoms in total. The summed E-state index contributed by atoms with van der Waals surface area (Å²) in [7, 11) is 0. The number of nitrogens with one attached hydrogen (secondary N) is 1. The van der Waals surface area contributed by atoms with Crippen molar-refractivity contribution in [2.24, 2.45) is 0 Å². The van der Waals surface area contributed by atoms with Crippen molar-refractivity contribution in [2.75, 3.05) is 37.6 Å². The zero-order valence-electron chi connectivity index (χ0n) is 16.1. The monoisotopic (exact) mass is 399 g/mol. The van der Waals surface area contributed by atoms with Crippen LogP contribution in [-0.4, -0.2) is 69.2 Å². The summed E-state index contributed by atoms with van der Waals surface area (Å²) in [4.78, 5) is 23.6. The molecule has 0 aliphatic carbocycles. The molecule has 0 aromatic carbocycles. The van der Waals surface area contributed by atoms with Crippen LogP contribution in [0.1, 0.15) is 31.8 Å². The van der Waals surface area contributed by atoms with E-state index in [1.165, 1.54) is 0 Å². The molecule has 154 valence electrons. The molecule has 2 aromatic heterocycles. The van der Waals surface area contributed by atoms with Crippen molar-refractivity contribution in [3.63, 3.8) is 0 Å². The molecule has 1 aliphatic rings. The molecular weight excluding hydrogens is 375 g/mol. The number of hydrogen-bond donors (Lipinski definition) is 1. The van der Waals surface area contributed by atoms with Gasteiger partial charge in [-0.05, 0) is 20.3 Å². The van der Waals surface area contributed by atoms with E-state index in [4.69, 9.17) is 0 Å². The number of rotatable bonds is 5. The second kappa shape index (κ2) is 7.90. The number of nitrogens with zero attached hydrogens (tertiary/aromatic N) is 6. The number of piperazine rings is 1. The standard InChI is InChI=1S/C17H24F3N7O/c1-4-11(2)21-13(28)10-25-5-7-26(8-6-25)14-9-12(3)22-16-23-15(17(18,19)20)24-27(14)16/h9,11H,4-8,10H2,1-3H3,(H,21,28)/t11-/m0/s1. The van der Waals surface area contributed by atoms with Crippen LogP contribution in [0.3, 0.4) is 0 Å². The molecule has 0 unspecified atom stereocenters. The first-order valence-corrected chi connectivity index (χ1v) is 9.25. The van der Waals surface area contributed by atoms with Crippen molar-refractivity contribution >= 4 is 17.5 Å². The molecule has 0 radical (unpaired) electrons. The highest BCUT2D eigenvalue weighted by Crippen LogP contribution is 2.28. The molecule has 0 saturated carbocycles. The van der Waals surface area contributed by atoms with Gasteiger partial charge in [0.2, 0.25) is 5.91 Å². The molecule has 11 heteroatoms. The molecule has 1 N–H and O–H groups in total. The normalized spacial score (nSPS) is 17.1. The number of carbonyl (C=O) groups excluding carboxylic acids is 1. The third kappa shape index (κ3) is 4.51. The summed E-state index contributed by atoms with van der Waals surface area (Å²) in [5, 5.41) is 6.55. The van der Waals surface area contributed by atoms with E-state index in [1.807, 2.05) is 23.6 Å². The Labute approximate surface area is 160 Å². The van der Waals surface area contributed by atoms with Gasteiger partial charge in [0.15, 0.2) is 0 Å². The summed E-state index contributed by atoms with van der Waals surface area (Å²) in [6.45, 7) is 8.36. The lowest BCUT2D eigenvalue weighted by molar-refractivity contribution is -0.144. The number of anilines is 1. The van der Waals surface area contributed by atoms with Gasteiger partial charge >= 0.3 is 6.18 Å². The third-order valence-electron chi connectivity index (χ3n) is 4.76. The van der Waals surface area contributed by atoms with Gasteiger partial charge in [-0.1, -0.05) is 6.92 Å². The average Bonchev–Trinajstić information content (AvgIpc) is 3.05. The van der Waals surface area contributed by atoms with Crippen LogP contribution in [0.15, 0.2) is 6.07 Å². The quantitative estimate of drug-likeness (QED) is 0.821. The molecule has 0 spiro atoms. The van der Waals surface area contributed by atoms with E-state index in [0.29, 0.717) is 44.2 Å². The lowest BCUT2D eigenvalue weighted by atomic mass is 10.2.